The lowest BCUT2D eigenvalue weighted by Gasteiger charge is -2.42. The third-order valence-electron chi connectivity index (χ3n) is 5.48. The lowest BCUT2D eigenvalue weighted by atomic mass is 10.0. The second-order valence-corrected chi connectivity index (χ2v) is 9.87. The van der Waals surface area contributed by atoms with Crippen molar-refractivity contribution < 1.29 is 17.9 Å². The van der Waals surface area contributed by atoms with Crippen LogP contribution in [0.15, 0.2) is 29.2 Å². The predicted octanol–water partition coefficient (Wildman–Crippen LogP) is 2.48. The molecule has 1 saturated carbocycles. The third-order valence-corrected chi connectivity index (χ3v) is 7.02. The first-order valence-corrected chi connectivity index (χ1v) is 11.3. The Bertz CT molecular complexity index is 753. The number of benzene rings is 1. The molecule has 0 radical (unpaired) electrons. The summed E-state index contributed by atoms with van der Waals surface area (Å²) in [6.45, 7) is 5.78. The summed E-state index contributed by atoms with van der Waals surface area (Å²) in [5.74, 6) is 0.114. The summed E-state index contributed by atoms with van der Waals surface area (Å²) in [7, 11) is -3.46. The molecule has 0 spiro atoms. The van der Waals surface area contributed by atoms with Gasteiger partial charge >= 0.3 is 0 Å². The second-order valence-electron chi connectivity index (χ2n) is 8.16. The average molecular weight is 395 g/mol. The van der Waals surface area contributed by atoms with E-state index in [-0.39, 0.29) is 17.5 Å². The number of sulfonamides is 1. The van der Waals surface area contributed by atoms with Gasteiger partial charge in [-0.1, -0.05) is 25.0 Å². The number of aryl methyl sites for hydroxylation is 1. The molecule has 1 heterocycles. The van der Waals surface area contributed by atoms with E-state index >= 15 is 0 Å². The fourth-order valence-electron chi connectivity index (χ4n) is 3.87. The van der Waals surface area contributed by atoms with Gasteiger partial charge in [-0.05, 0) is 50.8 Å². The number of hydrogen-bond acceptors (Lipinski definition) is 4. The van der Waals surface area contributed by atoms with Gasteiger partial charge in [0.25, 0.3) is 0 Å². The standard InChI is InChI=1S/C20H30N2O4S/c1-20(2)15-26-14-13-22(20)19(23)12-9-16-7-10-18(11-8-16)27(24,25)21-17-5-3-4-6-17/h7-8,10-11,17,21H,3-6,9,12-15H2,1-2H3. The smallest absolute Gasteiger partial charge is 0.240 e. The maximum atomic E-state index is 12.6. The van der Waals surface area contributed by atoms with Crippen molar-refractivity contribution in [3.8, 4) is 0 Å². The van der Waals surface area contributed by atoms with Gasteiger partial charge in [0.1, 0.15) is 0 Å². The summed E-state index contributed by atoms with van der Waals surface area (Å²) in [6, 6.07) is 6.94. The summed E-state index contributed by atoms with van der Waals surface area (Å²) < 4.78 is 33.2. The van der Waals surface area contributed by atoms with Crippen molar-refractivity contribution in [3.63, 3.8) is 0 Å². The predicted molar refractivity (Wildman–Crippen MR) is 104 cm³/mol. The van der Waals surface area contributed by atoms with Gasteiger partial charge in [-0.2, -0.15) is 0 Å². The van der Waals surface area contributed by atoms with Crippen LogP contribution in [-0.4, -0.2) is 50.6 Å². The van der Waals surface area contributed by atoms with E-state index < -0.39 is 10.0 Å². The average Bonchev–Trinajstić information content (AvgIpc) is 3.12. The molecule has 1 amide bonds. The van der Waals surface area contributed by atoms with E-state index in [1.807, 2.05) is 18.7 Å². The van der Waals surface area contributed by atoms with Gasteiger partial charge in [0, 0.05) is 19.0 Å². The SMILES string of the molecule is CC1(C)COCCN1C(=O)CCc1ccc(S(=O)(=O)NC2CCCC2)cc1. The minimum absolute atomic E-state index is 0.0594. The number of nitrogens with one attached hydrogen (secondary N) is 1. The number of carbonyl (C=O) groups excluding carboxylic acids is 1. The first-order chi connectivity index (χ1) is 12.8. The summed E-state index contributed by atoms with van der Waals surface area (Å²) in [6.07, 6.45) is 5.01. The van der Waals surface area contributed by atoms with Crippen molar-refractivity contribution in [2.45, 2.75) is 68.8 Å². The Labute approximate surface area is 162 Å². The number of ether oxygens (including phenoxy) is 1. The van der Waals surface area contributed by atoms with Crippen LogP contribution in [0.4, 0.5) is 0 Å². The number of hydrogen-bond donors (Lipinski definition) is 1. The molecule has 0 bridgehead atoms. The van der Waals surface area contributed by atoms with Crippen LogP contribution in [0.1, 0.15) is 51.5 Å². The molecule has 2 aliphatic rings. The quantitative estimate of drug-likeness (QED) is 0.804. The summed E-state index contributed by atoms with van der Waals surface area (Å²) in [5.41, 5.74) is 0.688. The lowest BCUT2D eigenvalue weighted by Crippen LogP contribution is -2.55. The van der Waals surface area contributed by atoms with Gasteiger partial charge in [-0.25, -0.2) is 13.1 Å². The molecule has 0 unspecified atom stereocenters. The fourth-order valence-corrected chi connectivity index (χ4v) is 5.18. The molecule has 2 fully saturated rings. The highest BCUT2D eigenvalue weighted by molar-refractivity contribution is 7.89. The number of amides is 1. The summed E-state index contributed by atoms with van der Waals surface area (Å²) in [4.78, 5) is 14.8. The number of carbonyl (C=O) groups is 1. The van der Waals surface area contributed by atoms with Gasteiger partial charge in [-0.3, -0.25) is 4.79 Å². The Morgan fingerprint density at radius 1 is 1.22 bits per heavy atom. The van der Waals surface area contributed by atoms with E-state index in [2.05, 4.69) is 4.72 Å². The number of rotatable bonds is 6. The van der Waals surface area contributed by atoms with E-state index in [0.717, 1.165) is 31.2 Å². The largest absolute Gasteiger partial charge is 0.377 e. The van der Waals surface area contributed by atoms with Crippen molar-refractivity contribution in [1.29, 1.82) is 0 Å². The lowest BCUT2D eigenvalue weighted by molar-refractivity contribution is -0.146. The van der Waals surface area contributed by atoms with E-state index in [1.165, 1.54) is 0 Å². The zero-order valence-corrected chi connectivity index (χ0v) is 17.1. The van der Waals surface area contributed by atoms with Crippen LogP contribution in [0.5, 0.6) is 0 Å². The van der Waals surface area contributed by atoms with E-state index in [4.69, 9.17) is 4.74 Å². The molecule has 27 heavy (non-hydrogen) atoms. The minimum Gasteiger partial charge on any atom is -0.377 e. The molecule has 0 aromatic heterocycles. The molecule has 1 saturated heterocycles. The molecule has 1 N–H and O–H groups in total. The molecule has 7 heteroatoms. The van der Waals surface area contributed by atoms with Crippen LogP contribution in [0.3, 0.4) is 0 Å². The van der Waals surface area contributed by atoms with E-state index in [9.17, 15) is 13.2 Å². The molecular weight excluding hydrogens is 364 g/mol. The molecule has 1 aliphatic carbocycles. The maximum Gasteiger partial charge on any atom is 0.240 e. The van der Waals surface area contributed by atoms with Crippen LogP contribution in [0.2, 0.25) is 0 Å². The number of nitrogens with zero attached hydrogens (tertiary/aromatic N) is 1. The molecule has 1 aromatic carbocycles. The van der Waals surface area contributed by atoms with Crippen LogP contribution in [0, 0.1) is 0 Å². The highest BCUT2D eigenvalue weighted by atomic mass is 32.2. The molecular formula is C20H30N2O4S. The van der Waals surface area contributed by atoms with Crippen LogP contribution >= 0.6 is 0 Å². The molecule has 0 atom stereocenters. The Morgan fingerprint density at radius 3 is 2.52 bits per heavy atom. The van der Waals surface area contributed by atoms with Crippen molar-refractivity contribution >= 4 is 15.9 Å². The van der Waals surface area contributed by atoms with Crippen LogP contribution < -0.4 is 4.72 Å². The monoisotopic (exact) mass is 394 g/mol. The van der Waals surface area contributed by atoms with Crippen molar-refractivity contribution in [2.24, 2.45) is 0 Å². The van der Waals surface area contributed by atoms with Crippen LogP contribution in [0.25, 0.3) is 0 Å². The molecule has 1 aromatic rings. The van der Waals surface area contributed by atoms with Gasteiger partial charge in [0.2, 0.25) is 15.9 Å². The zero-order valence-electron chi connectivity index (χ0n) is 16.2. The van der Waals surface area contributed by atoms with Gasteiger partial charge in [-0.15, -0.1) is 0 Å². The Hall–Kier alpha value is -1.44. The number of morpholine rings is 1. The van der Waals surface area contributed by atoms with Gasteiger partial charge in [0.15, 0.2) is 0 Å². The van der Waals surface area contributed by atoms with E-state index in [0.29, 0.717) is 37.5 Å². The summed E-state index contributed by atoms with van der Waals surface area (Å²) in [5, 5.41) is 0. The zero-order chi connectivity index (χ0) is 19.5. The molecule has 6 nitrogen and oxygen atoms in total. The Balaban J connectivity index is 1.56. The van der Waals surface area contributed by atoms with Crippen molar-refractivity contribution in [2.75, 3.05) is 19.8 Å². The Morgan fingerprint density at radius 2 is 1.89 bits per heavy atom. The maximum absolute atomic E-state index is 12.6. The molecule has 1 aliphatic heterocycles. The van der Waals surface area contributed by atoms with Crippen molar-refractivity contribution in [3.05, 3.63) is 29.8 Å². The highest BCUT2D eigenvalue weighted by Gasteiger charge is 2.33. The fraction of sp³-hybridized carbons (Fsp3) is 0.650. The normalized spacial score (nSPS) is 20.7. The molecule has 150 valence electrons. The highest BCUT2D eigenvalue weighted by Crippen LogP contribution is 2.22. The van der Waals surface area contributed by atoms with Gasteiger partial charge in [0.05, 0.1) is 23.6 Å². The van der Waals surface area contributed by atoms with Gasteiger partial charge < -0.3 is 9.64 Å². The first-order valence-electron chi connectivity index (χ1n) is 9.77. The minimum atomic E-state index is -3.46. The third kappa shape index (κ3) is 5.09. The van der Waals surface area contributed by atoms with Crippen LogP contribution in [-0.2, 0) is 26.0 Å². The topological polar surface area (TPSA) is 75.7 Å². The van der Waals surface area contributed by atoms with Crippen molar-refractivity contribution in [1.82, 2.24) is 9.62 Å². The summed E-state index contributed by atoms with van der Waals surface area (Å²) >= 11 is 0. The first kappa shape index (κ1) is 20.3. The van der Waals surface area contributed by atoms with E-state index in [1.54, 1.807) is 24.3 Å². The Kier molecular flexibility index (Phi) is 6.23. The second kappa shape index (κ2) is 8.29. The molecule has 3 rings (SSSR count).